The number of thioether (sulfide) groups is 1. The molecule has 2 aromatic heterocycles. The second-order valence-electron chi connectivity index (χ2n) is 8.46. The number of nitrogens with zero attached hydrogens (tertiary/aromatic N) is 4. The molecular formula is C24H29N4O3S3+. The van der Waals surface area contributed by atoms with Gasteiger partial charge in [-0.2, -0.15) is 0 Å². The van der Waals surface area contributed by atoms with Gasteiger partial charge in [-0.25, -0.2) is 4.58 Å². The van der Waals surface area contributed by atoms with Gasteiger partial charge in [0.1, 0.15) is 13.1 Å². The molecule has 0 radical (unpaired) electrons. The van der Waals surface area contributed by atoms with Crippen LogP contribution in [0.2, 0.25) is 0 Å². The fraction of sp³-hybridized carbons (Fsp3) is 0.500. The number of allylic oxidation sites excluding steroid dienone is 1. The number of rotatable bonds is 4. The number of aliphatic imine (C=N–C) groups is 1. The Labute approximate surface area is 212 Å². The van der Waals surface area contributed by atoms with Gasteiger partial charge < -0.3 is 24.0 Å². The standard InChI is InChI=1S/C24H29N4O3S3/c1-3-21(26-5-11-29-12-6-26)32-18(1)23(19-2-4-22(33-19)27-7-13-30-14-8-27)20-17-25-24(34-20)28-9-15-31-16-10-28/h1-4,17H,5-16H2/q+1. The van der Waals surface area contributed by atoms with Gasteiger partial charge in [-0.3, -0.25) is 0 Å². The summed E-state index contributed by atoms with van der Waals surface area (Å²) in [4.78, 5) is 13.5. The number of ether oxygens (including phenoxy) is 3. The highest BCUT2D eigenvalue weighted by atomic mass is 32.2. The molecule has 0 unspecified atom stereocenters. The van der Waals surface area contributed by atoms with Crippen molar-refractivity contribution in [1.29, 1.82) is 0 Å². The molecule has 2 aromatic rings. The Morgan fingerprint density at radius 2 is 1.26 bits per heavy atom. The Morgan fingerprint density at radius 3 is 1.82 bits per heavy atom. The zero-order chi connectivity index (χ0) is 22.7. The monoisotopic (exact) mass is 517 g/mol. The topological polar surface area (TPSA) is 49.5 Å². The molecule has 0 N–H and O–H groups in total. The first-order valence-corrected chi connectivity index (χ1v) is 14.3. The van der Waals surface area contributed by atoms with Crippen molar-refractivity contribution < 1.29 is 18.8 Å². The van der Waals surface area contributed by atoms with Crippen molar-refractivity contribution in [1.82, 2.24) is 0 Å². The second kappa shape index (κ2) is 10.5. The predicted molar refractivity (Wildman–Crippen MR) is 143 cm³/mol. The molecule has 6 rings (SSSR count). The molecule has 0 spiro atoms. The van der Waals surface area contributed by atoms with Gasteiger partial charge in [-0.1, -0.05) is 0 Å². The summed E-state index contributed by atoms with van der Waals surface area (Å²) in [7, 11) is 0. The predicted octanol–water partition coefficient (Wildman–Crippen LogP) is 3.46. The van der Waals surface area contributed by atoms with E-state index in [2.05, 4.69) is 44.9 Å². The van der Waals surface area contributed by atoms with Crippen molar-refractivity contribution in [3.63, 3.8) is 0 Å². The van der Waals surface area contributed by atoms with Crippen LogP contribution in [-0.4, -0.2) is 94.9 Å². The van der Waals surface area contributed by atoms with E-state index < -0.39 is 0 Å². The first-order valence-electron chi connectivity index (χ1n) is 11.9. The van der Waals surface area contributed by atoms with Gasteiger partial charge in [0.25, 0.3) is 0 Å². The minimum absolute atomic E-state index is 0.771. The number of hydrogen-bond donors (Lipinski definition) is 0. The van der Waals surface area contributed by atoms with Crippen molar-refractivity contribution in [3.05, 3.63) is 38.9 Å². The second-order valence-corrected chi connectivity index (χ2v) is 11.6. The fourth-order valence-electron chi connectivity index (χ4n) is 4.48. The van der Waals surface area contributed by atoms with Gasteiger partial charge >= 0.3 is 5.17 Å². The average molecular weight is 518 g/mol. The summed E-state index contributed by atoms with van der Waals surface area (Å²) in [5.74, 6) is 0. The van der Waals surface area contributed by atoms with E-state index >= 15 is 0 Å². The van der Waals surface area contributed by atoms with Crippen LogP contribution in [-0.2, 0) is 14.2 Å². The lowest BCUT2D eigenvalue weighted by Crippen LogP contribution is -2.35. The highest BCUT2D eigenvalue weighted by molar-refractivity contribution is 8.18. The quantitative estimate of drug-likeness (QED) is 0.579. The fourth-order valence-corrected chi connectivity index (χ4v) is 7.97. The van der Waals surface area contributed by atoms with Crippen LogP contribution in [0.4, 0.5) is 10.0 Å². The maximum Gasteiger partial charge on any atom is 0.359 e. The highest BCUT2D eigenvalue weighted by Crippen LogP contribution is 2.44. The normalized spacial score (nSPS) is 21.6. The number of amidine groups is 1. The van der Waals surface area contributed by atoms with Crippen LogP contribution in [0, 0.1) is 0 Å². The molecule has 3 saturated heterocycles. The molecule has 0 saturated carbocycles. The molecular weight excluding hydrogens is 488 g/mol. The van der Waals surface area contributed by atoms with Crippen LogP contribution in [0.5, 0.6) is 0 Å². The lowest BCUT2D eigenvalue weighted by atomic mass is 10.1. The van der Waals surface area contributed by atoms with E-state index in [4.69, 9.17) is 19.2 Å². The molecule has 0 aromatic carbocycles. The Balaban J connectivity index is 1.35. The van der Waals surface area contributed by atoms with Crippen LogP contribution >= 0.6 is 34.4 Å². The van der Waals surface area contributed by atoms with Crippen LogP contribution in [0.15, 0.2) is 34.2 Å². The summed E-state index contributed by atoms with van der Waals surface area (Å²) in [6.07, 6.45) is 2.06. The van der Waals surface area contributed by atoms with Gasteiger partial charge in [0.15, 0.2) is 6.21 Å². The van der Waals surface area contributed by atoms with Crippen molar-refractivity contribution >= 4 is 61.4 Å². The lowest BCUT2D eigenvalue weighted by Gasteiger charge is -2.27. The average Bonchev–Trinajstić information content (AvgIpc) is 3.68. The third-order valence-electron chi connectivity index (χ3n) is 6.34. The van der Waals surface area contributed by atoms with Crippen LogP contribution in [0.3, 0.4) is 0 Å². The molecule has 0 aliphatic carbocycles. The summed E-state index contributed by atoms with van der Waals surface area (Å²) in [6.45, 7) is 10.4. The Morgan fingerprint density at radius 1 is 0.735 bits per heavy atom. The van der Waals surface area contributed by atoms with Gasteiger partial charge in [0.05, 0.1) is 54.5 Å². The summed E-state index contributed by atoms with van der Waals surface area (Å²) < 4.78 is 19.0. The number of hydrogen-bond acceptors (Lipinski definition) is 8. The van der Waals surface area contributed by atoms with Crippen molar-refractivity contribution in [3.8, 4) is 0 Å². The third-order valence-corrected chi connectivity index (χ3v) is 9.75. The summed E-state index contributed by atoms with van der Waals surface area (Å²) in [6, 6.07) is 9.11. The van der Waals surface area contributed by atoms with E-state index in [9.17, 15) is 0 Å². The number of morpholine rings is 3. The van der Waals surface area contributed by atoms with Crippen molar-refractivity contribution in [2.24, 2.45) is 4.99 Å². The molecule has 3 fully saturated rings. The molecule has 180 valence electrons. The molecule has 4 aliphatic rings. The molecule has 0 amide bonds. The molecule has 6 heterocycles. The minimum atomic E-state index is 0.771. The van der Waals surface area contributed by atoms with Crippen molar-refractivity contribution in [2.45, 2.75) is 0 Å². The Bertz CT molecular complexity index is 1040. The SMILES string of the molecule is C1=NC(=[N+]2CCOCC2)SC1=C(c1ccc(N2CCOCC2)s1)c1ccc(N2CCOCC2)s1. The van der Waals surface area contributed by atoms with Gasteiger partial charge in [0.2, 0.25) is 0 Å². The van der Waals surface area contributed by atoms with E-state index in [1.54, 1.807) is 11.8 Å². The first-order chi connectivity index (χ1) is 16.8. The van der Waals surface area contributed by atoms with Crippen molar-refractivity contribution in [2.75, 3.05) is 88.7 Å². The summed E-state index contributed by atoms with van der Waals surface area (Å²) >= 11 is 5.55. The molecule has 0 atom stereocenters. The maximum atomic E-state index is 5.56. The van der Waals surface area contributed by atoms with E-state index in [1.807, 2.05) is 22.7 Å². The number of thiophene rings is 2. The zero-order valence-corrected chi connectivity index (χ0v) is 21.6. The van der Waals surface area contributed by atoms with E-state index in [0.29, 0.717) is 0 Å². The third kappa shape index (κ3) is 4.84. The first kappa shape index (κ1) is 22.8. The summed E-state index contributed by atoms with van der Waals surface area (Å²) in [5, 5.41) is 3.73. The van der Waals surface area contributed by atoms with E-state index in [-0.39, 0.29) is 0 Å². The van der Waals surface area contributed by atoms with Crippen LogP contribution in [0.25, 0.3) is 5.57 Å². The largest absolute Gasteiger partial charge is 0.378 e. The highest BCUT2D eigenvalue weighted by Gasteiger charge is 2.29. The van der Waals surface area contributed by atoms with Crippen LogP contribution in [0.1, 0.15) is 9.75 Å². The number of anilines is 2. The minimum Gasteiger partial charge on any atom is -0.378 e. The molecule has 0 bridgehead atoms. The molecule has 34 heavy (non-hydrogen) atoms. The molecule has 7 nitrogen and oxygen atoms in total. The lowest BCUT2D eigenvalue weighted by molar-refractivity contribution is -0.547. The smallest absolute Gasteiger partial charge is 0.359 e. The van der Waals surface area contributed by atoms with Gasteiger partial charge in [-0.05, 0) is 29.3 Å². The molecule has 4 aliphatic heterocycles. The van der Waals surface area contributed by atoms with E-state index in [0.717, 1.165) is 84.1 Å². The summed E-state index contributed by atoms with van der Waals surface area (Å²) in [5.41, 5.74) is 1.30. The Kier molecular flexibility index (Phi) is 7.03. The zero-order valence-electron chi connectivity index (χ0n) is 19.1. The van der Waals surface area contributed by atoms with E-state index in [1.165, 1.54) is 30.2 Å². The Hall–Kier alpha value is -1.69. The van der Waals surface area contributed by atoms with Crippen LogP contribution < -0.4 is 9.80 Å². The van der Waals surface area contributed by atoms with Gasteiger partial charge in [0, 0.05) is 53.3 Å². The van der Waals surface area contributed by atoms with Gasteiger partial charge in [-0.15, -0.1) is 22.7 Å². The maximum absolute atomic E-state index is 5.56. The molecule has 10 heteroatoms.